The standard InChI is InChI=1S/C43H44N6O8/c50-39-8-7-38(41(51)47-39)49-42(52)33-6-4-28(21-34(33)43(49)53)48-14-11-29(12-15-48)56-19-18-54-16-1-17-55-30-22-31(23-30)57-40-9-3-27(24-45-40)26-2-5-32-35-25-44-13-10-36(35)46-37(32)20-26/h2-6,9-10,13,20-21,24-25,29-31,38,46H,1,7-8,11-12,14-19,22-23H2,(H,47,50,51). The topological polar surface area (TPSA) is 165 Å². The minimum atomic E-state index is -0.973. The van der Waals surface area contributed by atoms with Crippen molar-refractivity contribution in [2.24, 2.45) is 0 Å². The highest BCUT2D eigenvalue weighted by Gasteiger charge is 2.45. The molecule has 57 heavy (non-hydrogen) atoms. The molecule has 0 radical (unpaired) electrons. The summed E-state index contributed by atoms with van der Waals surface area (Å²) in [6, 6.07) is 16.6. The molecule has 3 aliphatic heterocycles. The normalized spacial score (nSPS) is 21.3. The van der Waals surface area contributed by atoms with Gasteiger partial charge in [0, 0.05) is 103 Å². The van der Waals surface area contributed by atoms with E-state index >= 15 is 0 Å². The van der Waals surface area contributed by atoms with Gasteiger partial charge in [0.1, 0.15) is 12.1 Å². The number of aromatic amines is 1. The number of pyridine rings is 2. The number of imide groups is 2. The molecule has 4 aliphatic rings. The van der Waals surface area contributed by atoms with Gasteiger partial charge in [-0.3, -0.25) is 34.4 Å². The summed E-state index contributed by atoms with van der Waals surface area (Å²) in [5, 5.41) is 4.50. The number of carbonyl (C=O) groups excluding carboxylic acids is 4. The molecule has 1 atom stereocenters. The van der Waals surface area contributed by atoms with E-state index in [0.29, 0.717) is 37.9 Å². The first-order valence-electron chi connectivity index (χ1n) is 19.8. The molecule has 5 aromatic rings. The van der Waals surface area contributed by atoms with Crippen molar-refractivity contribution in [2.45, 2.75) is 69.3 Å². The lowest BCUT2D eigenvalue weighted by Crippen LogP contribution is -2.54. The number of rotatable bonds is 14. The third-order valence-corrected chi connectivity index (χ3v) is 11.4. The zero-order valence-corrected chi connectivity index (χ0v) is 31.5. The number of H-pyrrole nitrogens is 1. The number of nitrogens with zero attached hydrogens (tertiary/aromatic N) is 4. The molecular weight excluding hydrogens is 729 g/mol. The van der Waals surface area contributed by atoms with Crippen LogP contribution in [0.4, 0.5) is 5.69 Å². The summed E-state index contributed by atoms with van der Waals surface area (Å²) < 4.78 is 24.0. The lowest BCUT2D eigenvalue weighted by molar-refractivity contribution is -0.136. The van der Waals surface area contributed by atoms with Gasteiger partial charge in [0.2, 0.25) is 17.7 Å². The zero-order valence-electron chi connectivity index (χ0n) is 31.5. The summed E-state index contributed by atoms with van der Waals surface area (Å²) in [4.78, 5) is 65.6. The molecule has 9 rings (SSSR count). The maximum absolute atomic E-state index is 13.2. The average molecular weight is 773 g/mol. The Morgan fingerprint density at radius 2 is 1.54 bits per heavy atom. The molecular formula is C43H44N6O8. The highest BCUT2D eigenvalue weighted by atomic mass is 16.5. The maximum Gasteiger partial charge on any atom is 0.262 e. The van der Waals surface area contributed by atoms with Gasteiger partial charge in [-0.05, 0) is 67.6 Å². The van der Waals surface area contributed by atoms with E-state index in [1.54, 1.807) is 18.3 Å². The van der Waals surface area contributed by atoms with Crippen LogP contribution in [-0.2, 0) is 23.8 Å². The summed E-state index contributed by atoms with van der Waals surface area (Å²) in [5.41, 5.74) is 5.69. The first-order valence-corrected chi connectivity index (χ1v) is 19.8. The van der Waals surface area contributed by atoms with Gasteiger partial charge >= 0.3 is 0 Å². The van der Waals surface area contributed by atoms with Crippen molar-refractivity contribution in [3.05, 3.63) is 84.3 Å². The third-order valence-electron chi connectivity index (χ3n) is 11.4. The highest BCUT2D eigenvalue weighted by Crippen LogP contribution is 2.33. The average Bonchev–Trinajstić information content (AvgIpc) is 3.71. The van der Waals surface area contributed by atoms with E-state index in [-0.39, 0.29) is 36.7 Å². The summed E-state index contributed by atoms with van der Waals surface area (Å²) in [5.74, 6) is -1.38. The van der Waals surface area contributed by atoms with Crippen LogP contribution in [0.15, 0.2) is 73.2 Å². The van der Waals surface area contributed by atoms with E-state index in [9.17, 15) is 19.2 Å². The smallest absolute Gasteiger partial charge is 0.262 e. The quantitative estimate of drug-likeness (QED) is 0.113. The predicted octanol–water partition coefficient (Wildman–Crippen LogP) is 5.20. The van der Waals surface area contributed by atoms with Crippen molar-refractivity contribution < 1.29 is 38.1 Å². The lowest BCUT2D eigenvalue weighted by atomic mass is 9.92. The molecule has 6 heterocycles. The summed E-state index contributed by atoms with van der Waals surface area (Å²) in [7, 11) is 0. The van der Waals surface area contributed by atoms with Gasteiger partial charge in [-0.2, -0.15) is 0 Å². The molecule has 2 saturated heterocycles. The molecule has 4 amide bonds. The van der Waals surface area contributed by atoms with Crippen LogP contribution in [0.5, 0.6) is 5.88 Å². The van der Waals surface area contributed by atoms with Crippen molar-refractivity contribution in [1.29, 1.82) is 0 Å². The van der Waals surface area contributed by atoms with Gasteiger partial charge < -0.3 is 28.8 Å². The van der Waals surface area contributed by atoms with Crippen LogP contribution in [0.3, 0.4) is 0 Å². The number of hydrogen-bond donors (Lipinski definition) is 2. The van der Waals surface area contributed by atoms with Crippen molar-refractivity contribution in [3.8, 4) is 17.0 Å². The Hall–Kier alpha value is -5.70. The van der Waals surface area contributed by atoms with Gasteiger partial charge in [-0.25, -0.2) is 4.98 Å². The number of ether oxygens (including phenoxy) is 4. The summed E-state index contributed by atoms with van der Waals surface area (Å²) >= 11 is 0. The van der Waals surface area contributed by atoms with Crippen molar-refractivity contribution in [1.82, 2.24) is 25.2 Å². The molecule has 0 bridgehead atoms. The van der Waals surface area contributed by atoms with Crippen LogP contribution in [0, 0.1) is 0 Å². The Kier molecular flexibility index (Phi) is 10.4. The van der Waals surface area contributed by atoms with E-state index < -0.39 is 29.7 Å². The number of anilines is 1. The van der Waals surface area contributed by atoms with Crippen LogP contribution in [0.1, 0.15) is 65.7 Å². The summed E-state index contributed by atoms with van der Waals surface area (Å²) in [6.45, 7) is 3.78. The fraction of sp³-hybridized carbons (Fsp3) is 0.395. The van der Waals surface area contributed by atoms with Gasteiger partial charge in [0.05, 0.1) is 36.5 Å². The van der Waals surface area contributed by atoms with Crippen LogP contribution >= 0.6 is 0 Å². The maximum atomic E-state index is 13.2. The molecule has 2 N–H and O–H groups in total. The number of amides is 4. The molecule has 14 heteroatoms. The number of nitrogens with one attached hydrogen (secondary N) is 2. The molecule has 14 nitrogen and oxygen atoms in total. The van der Waals surface area contributed by atoms with E-state index in [1.807, 2.05) is 36.7 Å². The summed E-state index contributed by atoms with van der Waals surface area (Å²) in [6.07, 6.45) is 10.3. The van der Waals surface area contributed by atoms with Crippen molar-refractivity contribution >= 4 is 51.1 Å². The number of fused-ring (bicyclic) bond motifs is 4. The van der Waals surface area contributed by atoms with Gasteiger partial charge in [-0.15, -0.1) is 0 Å². The second-order valence-corrected chi connectivity index (χ2v) is 15.1. The molecule has 3 aromatic heterocycles. The van der Waals surface area contributed by atoms with E-state index in [1.165, 1.54) is 0 Å². The Morgan fingerprint density at radius 1 is 0.719 bits per heavy atom. The molecule has 2 aromatic carbocycles. The first-order chi connectivity index (χ1) is 27.9. The Morgan fingerprint density at radius 3 is 2.37 bits per heavy atom. The Balaban J connectivity index is 0.626. The highest BCUT2D eigenvalue weighted by molar-refractivity contribution is 6.23. The molecule has 1 saturated carbocycles. The molecule has 1 aliphatic carbocycles. The zero-order chi connectivity index (χ0) is 38.9. The first kappa shape index (κ1) is 36.9. The van der Waals surface area contributed by atoms with Crippen LogP contribution < -0.4 is 15.0 Å². The Bertz CT molecular complexity index is 2310. The van der Waals surface area contributed by atoms with E-state index in [2.05, 4.69) is 43.4 Å². The minimum Gasteiger partial charge on any atom is -0.474 e. The molecule has 1 unspecified atom stereocenters. The monoisotopic (exact) mass is 772 g/mol. The van der Waals surface area contributed by atoms with Gasteiger partial charge in [-0.1, -0.05) is 12.1 Å². The predicted molar refractivity (Wildman–Crippen MR) is 210 cm³/mol. The second-order valence-electron chi connectivity index (χ2n) is 15.1. The van der Waals surface area contributed by atoms with Crippen LogP contribution in [0.25, 0.3) is 32.9 Å². The SMILES string of the molecule is O=C1CCC(N2C(=O)c3ccc(N4CCC(OCCOCCCOC5CC(Oc6ccc(-c7ccc8c(c7)[nH]c7ccncc78)cn6)C5)CC4)cc3C2=O)C(=O)N1. The second kappa shape index (κ2) is 16.0. The Labute approximate surface area is 328 Å². The molecule has 294 valence electrons. The molecule has 3 fully saturated rings. The fourth-order valence-electron chi connectivity index (χ4n) is 8.19. The van der Waals surface area contributed by atoms with Crippen LogP contribution in [-0.4, -0.2) is 107 Å². The van der Waals surface area contributed by atoms with E-state index in [0.717, 1.165) is 88.7 Å². The van der Waals surface area contributed by atoms with E-state index in [4.69, 9.17) is 18.9 Å². The number of carbonyl (C=O) groups is 4. The number of aromatic nitrogens is 3. The fourth-order valence-corrected chi connectivity index (χ4v) is 8.19. The van der Waals surface area contributed by atoms with Gasteiger partial charge in [0.15, 0.2) is 0 Å². The largest absolute Gasteiger partial charge is 0.474 e. The number of benzene rings is 2. The number of hydrogen-bond acceptors (Lipinski definition) is 11. The molecule has 0 spiro atoms. The van der Waals surface area contributed by atoms with Crippen LogP contribution in [0.2, 0.25) is 0 Å². The van der Waals surface area contributed by atoms with Gasteiger partial charge in [0.25, 0.3) is 11.8 Å². The lowest BCUT2D eigenvalue weighted by Gasteiger charge is -2.34. The third kappa shape index (κ3) is 7.72. The van der Waals surface area contributed by atoms with Crippen molar-refractivity contribution in [3.63, 3.8) is 0 Å². The number of piperidine rings is 2. The van der Waals surface area contributed by atoms with Crippen molar-refractivity contribution in [2.75, 3.05) is 44.4 Å². The minimum absolute atomic E-state index is 0.0908.